The number of primary amides is 1. The van der Waals surface area contributed by atoms with E-state index in [1.165, 1.54) is 6.33 Å². The van der Waals surface area contributed by atoms with Crippen molar-refractivity contribution in [1.29, 1.82) is 0 Å². The van der Waals surface area contributed by atoms with Gasteiger partial charge in [0.1, 0.15) is 17.9 Å². The molecule has 0 spiro atoms. The number of nitrogens with zero attached hydrogens (tertiary/aromatic N) is 2. The highest BCUT2D eigenvalue weighted by molar-refractivity contribution is 6.07. The molecule has 0 bridgehead atoms. The molecule has 0 fully saturated rings. The smallest absolute Gasteiger partial charge is 0.255 e. The number of amides is 2. The van der Waals surface area contributed by atoms with Gasteiger partial charge in [-0.3, -0.25) is 9.59 Å². The fourth-order valence-corrected chi connectivity index (χ4v) is 4.44. The van der Waals surface area contributed by atoms with Crippen LogP contribution in [0.15, 0.2) is 85.7 Å². The second-order valence-corrected chi connectivity index (χ2v) is 9.04. The van der Waals surface area contributed by atoms with E-state index in [1.807, 2.05) is 43.5 Å². The van der Waals surface area contributed by atoms with E-state index in [-0.39, 0.29) is 18.0 Å². The highest BCUT2D eigenvalue weighted by atomic mass is 16.5. The Hall–Kier alpha value is -4.76. The summed E-state index contributed by atoms with van der Waals surface area (Å²) in [6.07, 6.45) is 4.75. The minimum Gasteiger partial charge on any atom is -0.497 e. The third-order valence-corrected chi connectivity index (χ3v) is 6.52. The molecule has 0 aliphatic rings. The molecule has 4 aromatic rings. The average molecular weight is 525 g/mol. The number of ether oxygens (including phenoxy) is 1. The average Bonchev–Trinajstić information content (AvgIpc) is 2.96. The highest BCUT2D eigenvalue weighted by Crippen LogP contribution is 2.30. The second-order valence-electron chi connectivity index (χ2n) is 9.04. The summed E-state index contributed by atoms with van der Waals surface area (Å²) in [4.78, 5) is 33.6. The molecule has 9 heteroatoms. The van der Waals surface area contributed by atoms with Gasteiger partial charge in [-0.05, 0) is 74.0 Å². The van der Waals surface area contributed by atoms with Gasteiger partial charge in [0.2, 0.25) is 0 Å². The van der Waals surface area contributed by atoms with Crippen LogP contribution in [0.1, 0.15) is 45.2 Å². The van der Waals surface area contributed by atoms with Crippen molar-refractivity contribution in [2.75, 3.05) is 24.8 Å². The number of para-hydroxylation sites is 1. The van der Waals surface area contributed by atoms with Crippen molar-refractivity contribution >= 4 is 34.2 Å². The van der Waals surface area contributed by atoms with Crippen LogP contribution in [0.5, 0.6) is 5.75 Å². The lowest BCUT2D eigenvalue weighted by molar-refractivity contribution is 0.0998. The van der Waals surface area contributed by atoms with E-state index >= 15 is 0 Å². The van der Waals surface area contributed by atoms with Crippen LogP contribution in [0.4, 0.5) is 11.5 Å². The van der Waals surface area contributed by atoms with Crippen LogP contribution in [0.2, 0.25) is 0 Å². The Labute approximate surface area is 227 Å². The first kappa shape index (κ1) is 27.3. The molecule has 4 rings (SSSR count). The standard InChI is InChI=1S/C30H32N6O3/c1-4-7-21(32-2)17-26(36-29-25-11-6-10-24(28(31)37)27(25)33-18-34-29)20-8-5-9-22(16-20)35-30(38)19-12-14-23(39-3)15-13-19/h4-6,8-16,18,21,26,32H,1,7,17H2,2-3H3,(H2,31,37)(H,35,38)(H,33,34,36). The van der Waals surface area contributed by atoms with Gasteiger partial charge in [-0.1, -0.05) is 24.3 Å². The number of carbonyl (C=O) groups is 2. The van der Waals surface area contributed by atoms with Crippen molar-refractivity contribution in [3.05, 3.63) is 102 Å². The molecule has 9 nitrogen and oxygen atoms in total. The summed E-state index contributed by atoms with van der Waals surface area (Å²) in [7, 11) is 3.50. The van der Waals surface area contributed by atoms with Crippen LogP contribution >= 0.6 is 0 Å². The molecule has 2 amide bonds. The van der Waals surface area contributed by atoms with Gasteiger partial charge in [-0.2, -0.15) is 0 Å². The highest BCUT2D eigenvalue weighted by Gasteiger charge is 2.20. The molecule has 3 aromatic carbocycles. The van der Waals surface area contributed by atoms with Crippen molar-refractivity contribution in [3.63, 3.8) is 0 Å². The molecule has 2 unspecified atom stereocenters. The SMILES string of the molecule is C=CCC(CC(Nc1ncnc2c(C(N)=O)cccc12)c1cccc(NC(=O)c2ccc(OC)cc2)c1)NC. The minimum atomic E-state index is -0.552. The third-order valence-electron chi connectivity index (χ3n) is 6.52. The molecule has 39 heavy (non-hydrogen) atoms. The molecule has 0 saturated carbocycles. The molecule has 0 radical (unpaired) electrons. The largest absolute Gasteiger partial charge is 0.497 e. The van der Waals surface area contributed by atoms with Gasteiger partial charge >= 0.3 is 0 Å². The number of carbonyl (C=O) groups excluding carboxylic acids is 2. The zero-order valence-electron chi connectivity index (χ0n) is 22.0. The Morgan fingerprint density at radius 3 is 2.54 bits per heavy atom. The Kier molecular flexibility index (Phi) is 8.86. The first-order chi connectivity index (χ1) is 18.9. The topological polar surface area (TPSA) is 131 Å². The van der Waals surface area contributed by atoms with Crippen LogP contribution in [0.3, 0.4) is 0 Å². The van der Waals surface area contributed by atoms with Crippen LogP contribution < -0.4 is 26.4 Å². The number of hydrogen-bond acceptors (Lipinski definition) is 7. The normalized spacial score (nSPS) is 12.4. The van der Waals surface area contributed by atoms with Crippen LogP contribution in [0, 0.1) is 0 Å². The van der Waals surface area contributed by atoms with Crippen molar-refractivity contribution in [1.82, 2.24) is 15.3 Å². The number of nitrogens with two attached hydrogens (primary N) is 1. The summed E-state index contributed by atoms with van der Waals surface area (Å²) in [5.41, 5.74) is 8.52. The maximum atomic E-state index is 12.9. The summed E-state index contributed by atoms with van der Waals surface area (Å²) in [5, 5.41) is 10.6. The minimum absolute atomic E-state index is 0.131. The Morgan fingerprint density at radius 2 is 1.85 bits per heavy atom. The first-order valence-corrected chi connectivity index (χ1v) is 12.6. The van der Waals surface area contributed by atoms with Gasteiger partial charge in [-0.15, -0.1) is 6.58 Å². The molecular weight excluding hydrogens is 492 g/mol. The summed E-state index contributed by atoms with van der Waals surface area (Å²) in [6.45, 7) is 3.89. The lowest BCUT2D eigenvalue weighted by Gasteiger charge is -2.25. The van der Waals surface area contributed by atoms with Crippen molar-refractivity contribution in [2.45, 2.75) is 24.9 Å². The van der Waals surface area contributed by atoms with E-state index in [2.05, 4.69) is 32.5 Å². The Bertz CT molecular complexity index is 1470. The van der Waals surface area contributed by atoms with Gasteiger partial charge < -0.3 is 26.4 Å². The van der Waals surface area contributed by atoms with Crippen molar-refractivity contribution in [3.8, 4) is 5.75 Å². The van der Waals surface area contributed by atoms with E-state index in [1.54, 1.807) is 43.5 Å². The maximum Gasteiger partial charge on any atom is 0.255 e. The molecule has 1 heterocycles. The number of methoxy groups -OCH3 is 1. The summed E-state index contributed by atoms with van der Waals surface area (Å²) in [6, 6.07) is 19.8. The molecule has 0 aliphatic carbocycles. The van der Waals surface area contributed by atoms with E-state index in [4.69, 9.17) is 10.5 Å². The predicted octanol–water partition coefficient (Wildman–Crippen LogP) is 4.70. The van der Waals surface area contributed by atoms with Crippen LogP contribution in [-0.2, 0) is 0 Å². The summed E-state index contributed by atoms with van der Waals surface area (Å²) in [5.74, 6) is 0.485. The Morgan fingerprint density at radius 1 is 1.08 bits per heavy atom. The van der Waals surface area contributed by atoms with E-state index in [0.29, 0.717) is 45.7 Å². The molecular formula is C30H32N6O3. The predicted molar refractivity (Wildman–Crippen MR) is 154 cm³/mol. The van der Waals surface area contributed by atoms with Gasteiger partial charge in [0.15, 0.2) is 0 Å². The van der Waals surface area contributed by atoms with Gasteiger partial charge in [0.25, 0.3) is 11.8 Å². The van der Waals surface area contributed by atoms with Gasteiger partial charge in [0, 0.05) is 22.7 Å². The van der Waals surface area contributed by atoms with Crippen LogP contribution in [0.25, 0.3) is 10.9 Å². The first-order valence-electron chi connectivity index (χ1n) is 12.6. The van der Waals surface area contributed by atoms with Crippen molar-refractivity contribution in [2.24, 2.45) is 5.73 Å². The third kappa shape index (κ3) is 6.58. The molecule has 2 atom stereocenters. The zero-order chi connectivity index (χ0) is 27.8. The fourth-order valence-electron chi connectivity index (χ4n) is 4.44. The molecule has 0 aliphatic heterocycles. The maximum absolute atomic E-state index is 12.9. The number of benzene rings is 3. The molecule has 5 N–H and O–H groups in total. The molecule has 0 saturated heterocycles. The summed E-state index contributed by atoms with van der Waals surface area (Å²) >= 11 is 0. The number of anilines is 2. The zero-order valence-corrected chi connectivity index (χ0v) is 22.0. The van der Waals surface area contributed by atoms with E-state index in [9.17, 15) is 9.59 Å². The van der Waals surface area contributed by atoms with E-state index < -0.39 is 5.91 Å². The number of nitrogens with one attached hydrogen (secondary N) is 3. The number of aromatic nitrogens is 2. The molecule has 1 aromatic heterocycles. The monoisotopic (exact) mass is 524 g/mol. The Balaban J connectivity index is 1.66. The van der Waals surface area contributed by atoms with Crippen LogP contribution in [-0.4, -0.2) is 42.0 Å². The van der Waals surface area contributed by atoms with E-state index in [0.717, 1.165) is 12.0 Å². The second kappa shape index (κ2) is 12.7. The van der Waals surface area contributed by atoms with Crippen molar-refractivity contribution < 1.29 is 14.3 Å². The number of fused-ring (bicyclic) bond motifs is 1. The van der Waals surface area contributed by atoms with Gasteiger partial charge in [0.05, 0.1) is 24.2 Å². The number of rotatable bonds is 12. The molecule has 200 valence electrons. The lowest BCUT2D eigenvalue weighted by Crippen LogP contribution is -2.29. The quantitative estimate of drug-likeness (QED) is 0.198. The lowest BCUT2D eigenvalue weighted by atomic mass is 9.96. The fraction of sp³-hybridized carbons (Fsp3) is 0.200. The number of hydrogen-bond donors (Lipinski definition) is 4. The van der Waals surface area contributed by atoms with Gasteiger partial charge in [-0.25, -0.2) is 9.97 Å². The summed E-state index contributed by atoms with van der Waals surface area (Å²) < 4.78 is 5.18.